The molecule has 176 valence electrons. The van der Waals surface area contributed by atoms with Crippen molar-refractivity contribution in [2.45, 2.75) is 44.9 Å². The smallest absolute Gasteiger partial charge is 0.308 e. The van der Waals surface area contributed by atoms with E-state index in [9.17, 15) is 18.0 Å². The van der Waals surface area contributed by atoms with Gasteiger partial charge in [-0.2, -0.15) is 23.4 Å². The van der Waals surface area contributed by atoms with Gasteiger partial charge in [-0.1, -0.05) is 47.8 Å². The van der Waals surface area contributed by atoms with E-state index in [1.807, 2.05) is 0 Å². The van der Waals surface area contributed by atoms with Crippen molar-refractivity contribution in [3.05, 3.63) is 62.5 Å². The molecule has 1 aliphatic rings. The molecule has 0 radical (unpaired) electrons. The average molecular weight is 521 g/mol. The fraction of sp³-hybridized carbons (Fsp3) is 0.381. The van der Waals surface area contributed by atoms with E-state index in [0.29, 0.717) is 22.3 Å². The predicted octanol–water partition coefficient (Wildman–Crippen LogP) is 6.26. The number of nitrogens with one attached hydrogen (secondary N) is 1. The zero-order chi connectivity index (χ0) is 23.9. The predicted molar refractivity (Wildman–Crippen MR) is 120 cm³/mol. The van der Waals surface area contributed by atoms with Gasteiger partial charge in [0, 0.05) is 27.9 Å². The molecule has 1 aromatic carbocycles. The molecule has 1 atom stereocenters. The third kappa shape index (κ3) is 5.65. The maximum Gasteiger partial charge on any atom is 0.435 e. The molecule has 1 fully saturated rings. The molecule has 33 heavy (non-hydrogen) atoms. The van der Waals surface area contributed by atoms with Crippen LogP contribution < -0.4 is 5.32 Å². The van der Waals surface area contributed by atoms with Gasteiger partial charge in [0.1, 0.15) is 5.02 Å². The average Bonchev–Trinajstić information content (AvgIpc) is 3.38. The first-order valence-electron chi connectivity index (χ1n) is 10.1. The molecule has 1 unspecified atom stereocenters. The van der Waals surface area contributed by atoms with Crippen LogP contribution in [0.2, 0.25) is 15.1 Å². The van der Waals surface area contributed by atoms with Gasteiger partial charge in [-0.05, 0) is 36.6 Å². The third-order valence-corrected chi connectivity index (χ3v) is 6.16. The molecule has 0 spiro atoms. The van der Waals surface area contributed by atoms with Gasteiger partial charge in [-0.15, -0.1) is 0 Å². The molecule has 6 nitrogen and oxygen atoms in total. The van der Waals surface area contributed by atoms with E-state index in [1.54, 1.807) is 31.3 Å². The van der Waals surface area contributed by atoms with Gasteiger partial charge in [0.25, 0.3) is 0 Å². The molecule has 1 amide bonds. The Hall–Kier alpha value is -2.23. The first-order valence-corrected chi connectivity index (χ1v) is 11.3. The summed E-state index contributed by atoms with van der Waals surface area (Å²) in [4.78, 5) is 12.7. The number of carbonyl (C=O) groups is 1. The highest BCUT2D eigenvalue weighted by Gasteiger charge is 2.38. The topological polar surface area (TPSA) is 64.7 Å². The number of nitrogens with zero attached hydrogens (tertiary/aromatic N) is 4. The Labute approximate surface area is 202 Å². The Morgan fingerprint density at radius 2 is 1.91 bits per heavy atom. The number of carbonyl (C=O) groups excluding carboxylic acids is 1. The highest BCUT2D eigenvalue weighted by atomic mass is 35.5. The first kappa shape index (κ1) is 23.9. The van der Waals surface area contributed by atoms with Gasteiger partial charge in [0.15, 0.2) is 11.5 Å². The molecular formula is C21H19Cl3F3N5O. The molecule has 0 saturated heterocycles. The largest absolute Gasteiger partial charge is 0.435 e. The van der Waals surface area contributed by atoms with Gasteiger partial charge < -0.3 is 5.32 Å². The minimum atomic E-state index is -4.53. The normalized spacial score (nSPS) is 15.0. The Morgan fingerprint density at radius 3 is 2.55 bits per heavy atom. The van der Waals surface area contributed by atoms with Crippen molar-refractivity contribution in [2.24, 2.45) is 5.92 Å². The van der Waals surface area contributed by atoms with Gasteiger partial charge in [-0.25, -0.2) is 0 Å². The van der Waals surface area contributed by atoms with Crippen LogP contribution in [-0.4, -0.2) is 25.5 Å². The van der Waals surface area contributed by atoms with Crippen LogP contribution in [0.4, 0.5) is 19.0 Å². The molecule has 12 heteroatoms. The van der Waals surface area contributed by atoms with Crippen molar-refractivity contribution in [2.75, 3.05) is 5.32 Å². The Bertz CT molecular complexity index is 1190. The second-order valence-corrected chi connectivity index (χ2v) is 9.31. The van der Waals surface area contributed by atoms with E-state index < -0.39 is 23.7 Å². The Kier molecular flexibility index (Phi) is 6.66. The summed E-state index contributed by atoms with van der Waals surface area (Å²) >= 11 is 18.3. The minimum Gasteiger partial charge on any atom is -0.308 e. The SMILES string of the molecule is CC(Cn1nc(C(F)(F)F)cc1C1CC1)C(=O)Nc1nn(Cc2ccc(Cl)cc2Cl)cc1Cl. The molecule has 4 rings (SSSR count). The van der Waals surface area contributed by atoms with Crippen LogP contribution >= 0.6 is 34.8 Å². The van der Waals surface area contributed by atoms with Crippen molar-refractivity contribution in [3.63, 3.8) is 0 Å². The molecular weight excluding hydrogens is 502 g/mol. The Morgan fingerprint density at radius 1 is 1.18 bits per heavy atom. The van der Waals surface area contributed by atoms with Crippen LogP contribution in [0.5, 0.6) is 0 Å². The van der Waals surface area contributed by atoms with Crippen molar-refractivity contribution in [1.29, 1.82) is 0 Å². The lowest BCUT2D eigenvalue weighted by molar-refractivity contribution is -0.141. The van der Waals surface area contributed by atoms with Gasteiger partial charge in [0.2, 0.25) is 5.91 Å². The summed E-state index contributed by atoms with van der Waals surface area (Å²) in [5.74, 6) is -0.904. The van der Waals surface area contributed by atoms with E-state index in [-0.39, 0.29) is 23.3 Å². The van der Waals surface area contributed by atoms with Crippen LogP contribution in [0.15, 0.2) is 30.5 Å². The Balaban J connectivity index is 1.44. The highest BCUT2D eigenvalue weighted by molar-refractivity contribution is 6.35. The van der Waals surface area contributed by atoms with Gasteiger partial charge in [-0.3, -0.25) is 14.2 Å². The molecule has 1 N–H and O–H groups in total. The fourth-order valence-corrected chi connectivity index (χ4v) is 4.06. The number of halogens is 6. The third-order valence-electron chi connectivity index (χ3n) is 5.30. The van der Waals surface area contributed by atoms with Crippen molar-refractivity contribution < 1.29 is 18.0 Å². The maximum absolute atomic E-state index is 13.1. The second-order valence-electron chi connectivity index (χ2n) is 8.06. The number of rotatable bonds is 7. The first-order chi connectivity index (χ1) is 15.5. The summed E-state index contributed by atoms with van der Waals surface area (Å²) in [5.41, 5.74) is 0.321. The molecule has 2 aromatic heterocycles. The van der Waals surface area contributed by atoms with Crippen molar-refractivity contribution >= 4 is 46.5 Å². The van der Waals surface area contributed by atoms with Crippen LogP contribution in [0.3, 0.4) is 0 Å². The molecule has 3 aromatic rings. The molecule has 0 aliphatic heterocycles. The van der Waals surface area contributed by atoms with Crippen LogP contribution in [-0.2, 0) is 24.1 Å². The standard InChI is InChI=1S/C21H19Cl3F3N5O/c1-11(8-32-17(12-2-3-12)7-18(29-32)21(25,26)27)20(33)28-19-16(24)10-31(30-19)9-13-4-5-14(22)6-15(13)23/h4-7,10-12H,2-3,8-9H2,1H3,(H,28,30,33). The molecule has 1 saturated carbocycles. The summed E-state index contributed by atoms with van der Waals surface area (Å²) in [7, 11) is 0. The number of hydrogen-bond donors (Lipinski definition) is 1. The number of benzene rings is 1. The number of aromatic nitrogens is 4. The summed E-state index contributed by atoms with van der Waals surface area (Å²) in [5, 5.41) is 11.8. The summed E-state index contributed by atoms with van der Waals surface area (Å²) in [6.45, 7) is 1.92. The lowest BCUT2D eigenvalue weighted by Crippen LogP contribution is -2.26. The quantitative estimate of drug-likeness (QED) is 0.400. The zero-order valence-corrected chi connectivity index (χ0v) is 19.6. The van der Waals surface area contributed by atoms with E-state index in [0.717, 1.165) is 24.5 Å². The lowest BCUT2D eigenvalue weighted by Gasteiger charge is -2.13. The van der Waals surface area contributed by atoms with E-state index in [2.05, 4.69) is 15.5 Å². The number of hydrogen-bond acceptors (Lipinski definition) is 3. The minimum absolute atomic E-state index is 0.00641. The zero-order valence-electron chi connectivity index (χ0n) is 17.3. The van der Waals surface area contributed by atoms with E-state index in [4.69, 9.17) is 34.8 Å². The summed E-state index contributed by atoms with van der Waals surface area (Å²) in [6, 6.07) is 6.15. The molecule has 2 heterocycles. The monoisotopic (exact) mass is 519 g/mol. The lowest BCUT2D eigenvalue weighted by atomic mass is 10.1. The number of anilines is 1. The number of amides is 1. The maximum atomic E-state index is 13.1. The van der Waals surface area contributed by atoms with Gasteiger partial charge in [0.05, 0.1) is 19.0 Å². The van der Waals surface area contributed by atoms with Crippen molar-refractivity contribution in [3.8, 4) is 0 Å². The second kappa shape index (κ2) is 9.19. The summed E-state index contributed by atoms with van der Waals surface area (Å²) < 4.78 is 42.1. The summed E-state index contributed by atoms with van der Waals surface area (Å²) in [6.07, 6.45) is -1.36. The van der Waals surface area contributed by atoms with E-state index in [1.165, 1.54) is 9.36 Å². The molecule has 1 aliphatic carbocycles. The molecule has 0 bridgehead atoms. The van der Waals surface area contributed by atoms with Gasteiger partial charge >= 0.3 is 6.18 Å². The van der Waals surface area contributed by atoms with Crippen LogP contribution in [0.25, 0.3) is 0 Å². The number of alkyl halides is 3. The van der Waals surface area contributed by atoms with Crippen LogP contribution in [0.1, 0.15) is 42.6 Å². The van der Waals surface area contributed by atoms with Crippen molar-refractivity contribution in [1.82, 2.24) is 19.6 Å². The fourth-order valence-electron chi connectivity index (χ4n) is 3.39. The highest BCUT2D eigenvalue weighted by Crippen LogP contribution is 2.42. The van der Waals surface area contributed by atoms with E-state index >= 15 is 0 Å². The van der Waals surface area contributed by atoms with Crippen LogP contribution in [0, 0.1) is 5.92 Å².